The summed E-state index contributed by atoms with van der Waals surface area (Å²) in [6.45, 7) is 4.36. The Morgan fingerprint density at radius 2 is 2.10 bits per heavy atom. The number of carboxylic acids is 1. The summed E-state index contributed by atoms with van der Waals surface area (Å²) >= 11 is 0. The van der Waals surface area contributed by atoms with Crippen molar-refractivity contribution in [1.82, 2.24) is 0 Å². The lowest BCUT2D eigenvalue weighted by molar-refractivity contribution is -0.297. The Kier molecular flexibility index (Phi) is 7.59. The van der Waals surface area contributed by atoms with Crippen molar-refractivity contribution >= 4 is 12.0 Å². The third kappa shape index (κ3) is 5.62. The Labute approximate surface area is 127 Å². The summed E-state index contributed by atoms with van der Waals surface area (Å²) in [5.41, 5.74) is 2.09. The molecule has 0 aliphatic carbocycles. The zero-order valence-corrected chi connectivity index (χ0v) is 13.2. The summed E-state index contributed by atoms with van der Waals surface area (Å²) in [6.07, 6.45) is 8.47. The molecule has 0 aliphatic heterocycles. The Morgan fingerprint density at radius 3 is 2.67 bits per heavy atom. The molecule has 0 aromatic heterocycles. The summed E-state index contributed by atoms with van der Waals surface area (Å²) in [7, 11) is 1.65. The second-order valence-electron chi connectivity index (χ2n) is 5.25. The molecule has 0 radical (unpaired) electrons. The van der Waals surface area contributed by atoms with Gasteiger partial charge in [0.05, 0.1) is 13.1 Å². The first-order valence-electron chi connectivity index (χ1n) is 7.69. The lowest BCUT2D eigenvalue weighted by Gasteiger charge is -2.19. The smallest absolute Gasteiger partial charge is 0.119 e. The maximum atomic E-state index is 10.6. The van der Waals surface area contributed by atoms with Gasteiger partial charge in [0, 0.05) is 0 Å². The molecule has 0 saturated carbocycles. The van der Waals surface area contributed by atoms with Crippen LogP contribution in [0, 0.1) is 0 Å². The fourth-order valence-electron chi connectivity index (χ4n) is 2.56. The van der Waals surface area contributed by atoms with Gasteiger partial charge in [-0.25, -0.2) is 0 Å². The second kappa shape index (κ2) is 9.22. The lowest BCUT2D eigenvalue weighted by Crippen LogP contribution is -2.18. The van der Waals surface area contributed by atoms with Crippen molar-refractivity contribution in [2.45, 2.75) is 51.9 Å². The van der Waals surface area contributed by atoms with Gasteiger partial charge in [0.2, 0.25) is 0 Å². The summed E-state index contributed by atoms with van der Waals surface area (Å²) in [4.78, 5) is 10.6. The molecule has 0 bridgehead atoms. The van der Waals surface area contributed by atoms with Gasteiger partial charge in [-0.15, -0.1) is 0 Å². The molecule has 3 nitrogen and oxygen atoms in total. The zero-order valence-electron chi connectivity index (χ0n) is 13.2. The van der Waals surface area contributed by atoms with Crippen LogP contribution in [-0.2, 0) is 4.79 Å². The van der Waals surface area contributed by atoms with Gasteiger partial charge in [-0.2, -0.15) is 0 Å². The number of unbranched alkanes of at least 4 members (excludes halogenated alkanes) is 2. The minimum Gasteiger partial charge on any atom is -0.545 e. The van der Waals surface area contributed by atoms with Crippen LogP contribution in [0.4, 0.5) is 0 Å². The SMILES string of the molecule is CCCCCC(CC)c1cc(OC)ccc1/C=C/C(=O)[O-]. The predicted molar refractivity (Wildman–Crippen MR) is 84.2 cm³/mol. The third-order valence-electron chi connectivity index (χ3n) is 3.78. The van der Waals surface area contributed by atoms with Gasteiger partial charge in [-0.05, 0) is 48.1 Å². The minimum atomic E-state index is -1.17. The summed E-state index contributed by atoms with van der Waals surface area (Å²) in [6, 6.07) is 5.79. The quantitative estimate of drug-likeness (QED) is 0.516. The van der Waals surface area contributed by atoms with Crippen molar-refractivity contribution in [3.63, 3.8) is 0 Å². The van der Waals surface area contributed by atoms with Crippen molar-refractivity contribution in [3.8, 4) is 5.75 Å². The average molecular weight is 289 g/mol. The molecule has 1 rings (SSSR count). The van der Waals surface area contributed by atoms with Crippen LogP contribution >= 0.6 is 0 Å². The molecule has 0 amide bonds. The highest BCUT2D eigenvalue weighted by molar-refractivity contribution is 5.84. The molecule has 0 N–H and O–H groups in total. The highest BCUT2D eigenvalue weighted by atomic mass is 16.5. The van der Waals surface area contributed by atoms with Crippen LogP contribution in [0.3, 0.4) is 0 Å². The minimum absolute atomic E-state index is 0.424. The second-order valence-corrected chi connectivity index (χ2v) is 5.25. The molecule has 3 heteroatoms. The van der Waals surface area contributed by atoms with E-state index in [1.807, 2.05) is 18.2 Å². The van der Waals surface area contributed by atoms with E-state index in [1.54, 1.807) is 13.2 Å². The summed E-state index contributed by atoms with van der Waals surface area (Å²) < 4.78 is 5.30. The maximum absolute atomic E-state index is 10.6. The first-order chi connectivity index (χ1) is 10.1. The monoisotopic (exact) mass is 289 g/mol. The van der Waals surface area contributed by atoms with Gasteiger partial charge in [-0.3, -0.25) is 0 Å². The van der Waals surface area contributed by atoms with Crippen LogP contribution in [0.2, 0.25) is 0 Å². The maximum Gasteiger partial charge on any atom is 0.119 e. The first-order valence-corrected chi connectivity index (χ1v) is 7.69. The van der Waals surface area contributed by atoms with E-state index in [9.17, 15) is 9.90 Å². The first kappa shape index (κ1) is 17.3. The van der Waals surface area contributed by atoms with Crippen molar-refractivity contribution < 1.29 is 14.6 Å². The number of carbonyl (C=O) groups excluding carboxylic acids is 1. The molecule has 0 saturated heterocycles. The van der Waals surface area contributed by atoms with Crippen molar-refractivity contribution in [2.75, 3.05) is 7.11 Å². The predicted octanol–water partition coefficient (Wildman–Crippen LogP) is 3.53. The molecule has 0 aliphatic rings. The molecule has 0 fully saturated rings. The van der Waals surface area contributed by atoms with Gasteiger partial charge in [0.15, 0.2) is 0 Å². The van der Waals surface area contributed by atoms with E-state index in [1.165, 1.54) is 19.3 Å². The zero-order chi connectivity index (χ0) is 15.7. The van der Waals surface area contributed by atoms with Gasteiger partial charge < -0.3 is 14.6 Å². The number of carboxylic acid groups (broad SMARTS) is 1. The third-order valence-corrected chi connectivity index (χ3v) is 3.78. The highest BCUT2D eigenvalue weighted by Gasteiger charge is 2.13. The molecular formula is C18H25O3-. The van der Waals surface area contributed by atoms with Crippen molar-refractivity contribution in [3.05, 3.63) is 35.4 Å². The van der Waals surface area contributed by atoms with Gasteiger partial charge in [0.25, 0.3) is 0 Å². The number of methoxy groups -OCH3 is 1. The number of hydrogen-bond acceptors (Lipinski definition) is 3. The molecule has 0 heterocycles. The Bertz CT molecular complexity index is 477. The van der Waals surface area contributed by atoms with Gasteiger partial charge >= 0.3 is 0 Å². The van der Waals surface area contributed by atoms with E-state index in [0.717, 1.165) is 35.8 Å². The molecule has 0 spiro atoms. The van der Waals surface area contributed by atoms with E-state index in [2.05, 4.69) is 13.8 Å². The Balaban J connectivity index is 3.05. The largest absolute Gasteiger partial charge is 0.545 e. The number of rotatable bonds is 9. The molecule has 1 aromatic rings. The van der Waals surface area contributed by atoms with Crippen molar-refractivity contribution in [2.24, 2.45) is 0 Å². The molecule has 116 valence electrons. The van der Waals surface area contributed by atoms with Crippen molar-refractivity contribution in [1.29, 1.82) is 0 Å². The lowest BCUT2D eigenvalue weighted by atomic mass is 9.87. The van der Waals surface area contributed by atoms with Crippen LogP contribution in [-0.4, -0.2) is 13.1 Å². The van der Waals surface area contributed by atoms with E-state index in [-0.39, 0.29) is 0 Å². The number of ether oxygens (including phenoxy) is 1. The van der Waals surface area contributed by atoms with Gasteiger partial charge in [-0.1, -0.05) is 45.3 Å². The highest BCUT2D eigenvalue weighted by Crippen LogP contribution is 2.32. The molecule has 21 heavy (non-hydrogen) atoms. The van der Waals surface area contributed by atoms with Crippen LogP contribution in [0.1, 0.15) is 63.0 Å². The Morgan fingerprint density at radius 1 is 1.33 bits per heavy atom. The number of hydrogen-bond donors (Lipinski definition) is 0. The number of aliphatic carboxylic acids is 1. The number of carbonyl (C=O) groups is 1. The fraction of sp³-hybridized carbons (Fsp3) is 0.500. The standard InChI is InChI=1S/C18H26O3/c1-4-6-7-8-14(5-2)17-13-16(21-3)11-9-15(17)10-12-18(19)20/h9-14H,4-8H2,1-3H3,(H,19,20)/p-1/b12-10+. The average Bonchev–Trinajstić information content (AvgIpc) is 2.49. The topological polar surface area (TPSA) is 49.4 Å². The van der Waals surface area contributed by atoms with Crippen LogP contribution in [0.15, 0.2) is 24.3 Å². The van der Waals surface area contributed by atoms with Crippen LogP contribution in [0.5, 0.6) is 5.75 Å². The van der Waals surface area contributed by atoms with E-state index in [0.29, 0.717) is 5.92 Å². The summed E-state index contributed by atoms with van der Waals surface area (Å²) in [5.74, 6) is 0.0633. The molecular weight excluding hydrogens is 264 g/mol. The summed E-state index contributed by atoms with van der Waals surface area (Å²) in [5, 5.41) is 10.6. The molecule has 1 unspecified atom stereocenters. The van der Waals surface area contributed by atoms with E-state index < -0.39 is 5.97 Å². The molecule has 1 aromatic carbocycles. The van der Waals surface area contributed by atoms with E-state index >= 15 is 0 Å². The Hall–Kier alpha value is -1.77. The van der Waals surface area contributed by atoms with Gasteiger partial charge in [0.1, 0.15) is 5.75 Å². The normalized spacial score (nSPS) is 12.5. The van der Waals surface area contributed by atoms with Crippen LogP contribution in [0.25, 0.3) is 6.08 Å². The molecule has 1 atom stereocenters. The fourth-order valence-corrected chi connectivity index (χ4v) is 2.56. The number of benzene rings is 1. The van der Waals surface area contributed by atoms with E-state index in [4.69, 9.17) is 4.74 Å². The van der Waals surface area contributed by atoms with Crippen LogP contribution < -0.4 is 9.84 Å².